The maximum atomic E-state index is 13.6. The van der Waals surface area contributed by atoms with E-state index in [9.17, 15) is 4.79 Å². The number of nitrogens with zero attached hydrogens (tertiary/aromatic N) is 3. The number of aryl methyl sites for hydroxylation is 1. The second-order valence-corrected chi connectivity index (χ2v) is 11.7. The molecule has 1 aliphatic rings. The third-order valence-corrected chi connectivity index (χ3v) is 8.28. The van der Waals surface area contributed by atoms with Crippen LogP contribution in [0, 0.1) is 6.92 Å². The molecule has 3 aromatic rings. The molecule has 36 heavy (non-hydrogen) atoms. The first-order chi connectivity index (χ1) is 16.9. The summed E-state index contributed by atoms with van der Waals surface area (Å²) in [5.41, 5.74) is 2.99. The number of hydrogen-bond donors (Lipinski definition) is 0. The molecule has 2 aromatic carbocycles. The van der Waals surface area contributed by atoms with E-state index >= 15 is 0 Å². The molecule has 9 heteroatoms. The smallest absolute Gasteiger partial charge is 0.233 e. The van der Waals surface area contributed by atoms with E-state index in [1.54, 1.807) is 18.4 Å². The van der Waals surface area contributed by atoms with Crippen LogP contribution in [-0.2, 0) is 16.0 Å². The Kier molecular flexibility index (Phi) is 10.9. The van der Waals surface area contributed by atoms with Crippen molar-refractivity contribution >= 4 is 56.8 Å². The van der Waals surface area contributed by atoms with E-state index in [1.807, 2.05) is 28.8 Å². The molecule has 1 fully saturated rings. The van der Waals surface area contributed by atoms with Crippen molar-refractivity contribution < 1.29 is 14.3 Å². The van der Waals surface area contributed by atoms with Gasteiger partial charge in [-0.05, 0) is 42.7 Å². The first-order valence-corrected chi connectivity index (χ1v) is 13.9. The largest absolute Gasteiger partial charge is 0.494 e. The molecular formula is C27H36ClN3O3S2. The van der Waals surface area contributed by atoms with E-state index in [-0.39, 0.29) is 18.3 Å². The molecule has 1 amide bonds. The number of amides is 1. The Balaban J connectivity index is 0.00000361. The number of thioether (sulfide) groups is 1. The Hall–Kier alpha value is -1.84. The number of carbonyl (C=O) groups excluding carboxylic acids is 1. The second kappa shape index (κ2) is 13.6. The first kappa shape index (κ1) is 28.7. The normalized spacial score (nSPS) is 14.1. The highest BCUT2D eigenvalue weighted by Gasteiger charge is 2.22. The number of benzene rings is 2. The minimum absolute atomic E-state index is 0. The first-order valence-electron chi connectivity index (χ1n) is 12.2. The van der Waals surface area contributed by atoms with Gasteiger partial charge in [-0.15, -0.1) is 24.2 Å². The lowest BCUT2D eigenvalue weighted by molar-refractivity contribution is -0.118. The number of fused-ring (bicyclic) bond motifs is 1. The van der Waals surface area contributed by atoms with Gasteiger partial charge >= 0.3 is 0 Å². The topological polar surface area (TPSA) is 54.9 Å². The van der Waals surface area contributed by atoms with Crippen molar-refractivity contribution in [1.82, 2.24) is 9.88 Å². The number of hydrogen-bond acceptors (Lipinski definition) is 7. The molecule has 1 aliphatic heterocycles. The van der Waals surface area contributed by atoms with Gasteiger partial charge in [0.25, 0.3) is 0 Å². The zero-order valence-corrected chi connectivity index (χ0v) is 23.9. The van der Waals surface area contributed by atoms with Crippen LogP contribution >= 0.6 is 35.5 Å². The summed E-state index contributed by atoms with van der Waals surface area (Å²) >= 11 is 3.40. The van der Waals surface area contributed by atoms with Crippen LogP contribution in [0.15, 0.2) is 41.3 Å². The summed E-state index contributed by atoms with van der Waals surface area (Å²) in [6.07, 6.45) is 1.25. The number of carbonyl (C=O) groups is 1. The van der Waals surface area contributed by atoms with E-state index in [2.05, 4.69) is 49.9 Å². The van der Waals surface area contributed by atoms with Crippen molar-refractivity contribution in [2.45, 2.75) is 43.8 Å². The van der Waals surface area contributed by atoms with Crippen molar-refractivity contribution in [2.75, 3.05) is 51.4 Å². The fourth-order valence-corrected chi connectivity index (χ4v) is 6.14. The third kappa shape index (κ3) is 7.35. The Morgan fingerprint density at radius 2 is 1.92 bits per heavy atom. The van der Waals surface area contributed by atoms with Crippen LogP contribution in [0.2, 0.25) is 0 Å². The maximum Gasteiger partial charge on any atom is 0.233 e. The van der Waals surface area contributed by atoms with Gasteiger partial charge in [-0.3, -0.25) is 14.6 Å². The van der Waals surface area contributed by atoms with Gasteiger partial charge in [0.05, 0.1) is 31.4 Å². The van der Waals surface area contributed by atoms with Gasteiger partial charge in [0.15, 0.2) is 5.13 Å². The molecule has 196 valence electrons. The highest BCUT2D eigenvalue weighted by atomic mass is 35.5. The number of methoxy groups -OCH3 is 1. The molecule has 0 saturated carbocycles. The molecular weight excluding hydrogens is 514 g/mol. The van der Waals surface area contributed by atoms with E-state index in [0.717, 1.165) is 71.5 Å². The van der Waals surface area contributed by atoms with Crippen molar-refractivity contribution in [3.63, 3.8) is 0 Å². The number of rotatable bonds is 10. The van der Waals surface area contributed by atoms with Gasteiger partial charge in [-0.25, -0.2) is 4.98 Å². The Bertz CT molecular complexity index is 1130. The van der Waals surface area contributed by atoms with Gasteiger partial charge < -0.3 is 9.47 Å². The number of ether oxygens (including phenoxy) is 2. The average Bonchev–Trinajstić information content (AvgIpc) is 3.29. The molecule has 0 unspecified atom stereocenters. The molecule has 2 heterocycles. The number of thiazole rings is 1. The lowest BCUT2D eigenvalue weighted by Crippen LogP contribution is -2.39. The fourth-order valence-electron chi connectivity index (χ4n) is 4.21. The van der Waals surface area contributed by atoms with Crippen LogP contribution in [0.5, 0.6) is 5.75 Å². The molecule has 0 radical (unpaired) electrons. The highest BCUT2D eigenvalue weighted by Crippen LogP contribution is 2.36. The van der Waals surface area contributed by atoms with E-state index < -0.39 is 0 Å². The number of anilines is 1. The van der Waals surface area contributed by atoms with Crippen molar-refractivity contribution in [2.24, 2.45) is 0 Å². The molecule has 1 saturated heterocycles. The minimum Gasteiger partial charge on any atom is -0.494 e. The highest BCUT2D eigenvalue weighted by molar-refractivity contribution is 7.99. The van der Waals surface area contributed by atoms with E-state index in [0.29, 0.717) is 18.2 Å². The lowest BCUT2D eigenvalue weighted by Gasteiger charge is -2.27. The van der Waals surface area contributed by atoms with E-state index in [4.69, 9.17) is 14.5 Å². The minimum atomic E-state index is 0. The predicted molar refractivity (Wildman–Crippen MR) is 154 cm³/mol. The summed E-state index contributed by atoms with van der Waals surface area (Å²) in [5.74, 6) is 0.818. The fraction of sp³-hybridized carbons (Fsp3) is 0.481. The molecule has 4 rings (SSSR count). The van der Waals surface area contributed by atoms with E-state index in [1.165, 1.54) is 4.90 Å². The summed E-state index contributed by atoms with van der Waals surface area (Å²) < 4.78 is 12.1. The number of halogens is 1. The number of aromatic nitrogens is 1. The second-order valence-electron chi connectivity index (χ2n) is 9.10. The summed E-state index contributed by atoms with van der Waals surface area (Å²) in [6.45, 7) is 11.5. The van der Waals surface area contributed by atoms with Crippen molar-refractivity contribution in [1.29, 1.82) is 0 Å². The summed E-state index contributed by atoms with van der Waals surface area (Å²) in [5, 5.41) is 1.27. The van der Waals surface area contributed by atoms with Crippen LogP contribution in [0.3, 0.4) is 0 Å². The van der Waals surface area contributed by atoms with Crippen LogP contribution in [0.25, 0.3) is 10.2 Å². The molecule has 6 nitrogen and oxygen atoms in total. The van der Waals surface area contributed by atoms with Gasteiger partial charge in [-0.2, -0.15) is 0 Å². The molecule has 0 bridgehead atoms. The average molecular weight is 550 g/mol. The summed E-state index contributed by atoms with van der Waals surface area (Å²) in [6, 6.07) is 12.4. The quantitative estimate of drug-likeness (QED) is 0.296. The predicted octanol–water partition coefficient (Wildman–Crippen LogP) is 5.83. The molecule has 0 atom stereocenters. The standard InChI is InChI=1S/C27H35N3O3S2.ClH/c1-19(2)34-22-9-7-21(8-10-22)18-24(31)30(13-5-12-29-14-16-33-17-15-29)27-28-25-23(32-4)11-6-20(3)26(25)35-27;/h6-11,19H,5,12-18H2,1-4H3;1H. The third-order valence-electron chi connectivity index (χ3n) is 6.05. The SMILES string of the molecule is COc1ccc(C)c2sc(N(CCCN3CCOCC3)C(=O)Cc3ccc(SC(C)C)cc3)nc12.Cl. The molecule has 0 spiro atoms. The van der Waals surface area contributed by atoms with Gasteiger partial charge in [0.1, 0.15) is 11.3 Å². The van der Waals surface area contributed by atoms with Crippen LogP contribution < -0.4 is 9.64 Å². The van der Waals surface area contributed by atoms with Gasteiger partial charge in [-0.1, -0.05) is 43.4 Å². The lowest BCUT2D eigenvalue weighted by atomic mass is 10.1. The molecule has 0 N–H and O–H groups in total. The van der Waals surface area contributed by atoms with Crippen molar-refractivity contribution in [3.8, 4) is 5.75 Å². The molecule has 0 aliphatic carbocycles. The van der Waals surface area contributed by atoms with Crippen LogP contribution in [-0.4, -0.2) is 67.5 Å². The molecule has 1 aromatic heterocycles. The summed E-state index contributed by atoms with van der Waals surface area (Å²) in [7, 11) is 1.66. The Labute approximate surface area is 228 Å². The number of morpholine rings is 1. The van der Waals surface area contributed by atoms with Crippen LogP contribution in [0.4, 0.5) is 5.13 Å². The van der Waals surface area contributed by atoms with Crippen LogP contribution in [0.1, 0.15) is 31.4 Å². The van der Waals surface area contributed by atoms with Gasteiger partial charge in [0.2, 0.25) is 5.91 Å². The zero-order chi connectivity index (χ0) is 24.8. The Morgan fingerprint density at radius 3 is 2.58 bits per heavy atom. The van der Waals surface area contributed by atoms with Crippen molar-refractivity contribution in [3.05, 3.63) is 47.5 Å². The van der Waals surface area contributed by atoms with Gasteiger partial charge in [0, 0.05) is 36.3 Å². The monoisotopic (exact) mass is 549 g/mol. The summed E-state index contributed by atoms with van der Waals surface area (Å²) in [4.78, 5) is 24.0. The maximum absolute atomic E-state index is 13.6. The Morgan fingerprint density at radius 1 is 1.19 bits per heavy atom. The zero-order valence-electron chi connectivity index (χ0n) is 21.5.